The molecule has 0 spiro atoms. The van der Waals surface area contributed by atoms with Crippen molar-refractivity contribution in [2.24, 2.45) is 0 Å². The molecule has 0 aliphatic heterocycles. The Morgan fingerprint density at radius 1 is 1.47 bits per heavy atom. The summed E-state index contributed by atoms with van der Waals surface area (Å²) in [5, 5.41) is 11.2. The van der Waals surface area contributed by atoms with Crippen LogP contribution in [-0.2, 0) is 9.53 Å². The Kier molecular flexibility index (Phi) is 8.47. The Morgan fingerprint density at radius 2 is 2.20 bits per heavy atom. The molecule has 0 heterocycles. The normalized spacial score (nSPS) is 11.8. The lowest BCUT2D eigenvalue weighted by molar-refractivity contribution is -0.117. The van der Waals surface area contributed by atoms with E-state index in [0.29, 0.717) is 18.5 Å². The molecule has 0 aliphatic rings. The van der Waals surface area contributed by atoms with Crippen molar-refractivity contribution in [3.63, 3.8) is 0 Å². The van der Waals surface area contributed by atoms with Gasteiger partial charge in [0.05, 0.1) is 12.9 Å². The van der Waals surface area contributed by atoms with Crippen LogP contribution in [0, 0.1) is 0 Å². The predicted molar refractivity (Wildman–Crippen MR) is 59.2 cm³/mol. The van der Waals surface area contributed by atoms with E-state index in [1.807, 2.05) is 13.8 Å². The van der Waals surface area contributed by atoms with Gasteiger partial charge in [-0.1, -0.05) is 13.0 Å². The molecule has 0 rings (SSSR count). The largest absolute Gasteiger partial charge is 0.499 e. The average Bonchev–Trinajstić information content (AvgIpc) is 2.23. The molecule has 86 valence electrons. The Balaban J connectivity index is 4.09. The van der Waals surface area contributed by atoms with Crippen LogP contribution in [0.3, 0.4) is 0 Å². The summed E-state index contributed by atoms with van der Waals surface area (Å²) in [7, 11) is 0. The summed E-state index contributed by atoms with van der Waals surface area (Å²) in [5.41, 5.74) is 0.709. The fourth-order valence-electron chi connectivity index (χ4n) is 0.960. The molecule has 2 N–H and O–H groups in total. The summed E-state index contributed by atoms with van der Waals surface area (Å²) in [4.78, 5) is 11.4. The van der Waals surface area contributed by atoms with Crippen LogP contribution < -0.4 is 5.32 Å². The summed E-state index contributed by atoms with van der Waals surface area (Å²) in [6.45, 7) is 4.69. The van der Waals surface area contributed by atoms with Gasteiger partial charge in [0.2, 0.25) is 5.91 Å². The van der Waals surface area contributed by atoms with Crippen molar-refractivity contribution in [3.8, 4) is 0 Å². The Morgan fingerprint density at radius 3 is 2.73 bits per heavy atom. The molecular weight excluding hydrogens is 194 g/mol. The van der Waals surface area contributed by atoms with Gasteiger partial charge in [-0.15, -0.1) is 0 Å². The third kappa shape index (κ3) is 6.74. The van der Waals surface area contributed by atoms with Crippen LogP contribution in [-0.4, -0.2) is 30.8 Å². The molecule has 0 bridgehead atoms. The third-order valence-electron chi connectivity index (χ3n) is 1.69. The Bertz CT molecular complexity index is 234. The number of carbonyl (C=O) groups excluding carboxylic acids is 1. The lowest BCUT2D eigenvalue weighted by Crippen LogP contribution is -2.24. The van der Waals surface area contributed by atoms with E-state index in [0.717, 1.165) is 0 Å². The van der Waals surface area contributed by atoms with E-state index in [1.54, 1.807) is 12.2 Å². The van der Waals surface area contributed by atoms with E-state index in [2.05, 4.69) is 5.32 Å². The first-order chi connectivity index (χ1) is 7.26. The molecule has 15 heavy (non-hydrogen) atoms. The van der Waals surface area contributed by atoms with Crippen molar-refractivity contribution >= 4 is 5.91 Å². The highest BCUT2D eigenvalue weighted by Crippen LogP contribution is 2.00. The van der Waals surface area contributed by atoms with Crippen molar-refractivity contribution in [1.29, 1.82) is 0 Å². The van der Waals surface area contributed by atoms with Crippen molar-refractivity contribution in [1.82, 2.24) is 5.32 Å². The fraction of sp³-hybridized carbons (Fsp3) is 0.545. The number of carbonyl (C=O) groups is 1. The Hall–Kier alpha value is -1.29. The fourth-order valence-corrected chi connectivity index (χ4v) is 0.960. The number of nitrogens with one attached hydrogen (secondary N) is 1. The zero-order valence-electron chi connectivity index (χ0n) is 9.32. The molecule has 0 aromatic carbocycles. The maximum Gasteiger partial charge on any atom is 0.247 e. The minimum atomic E-state index is -0.0493. The first-order valence-corrected chi connectivity index (χ1v) is 5.12. The summed E-state index contributed by atoms with van der Waals surface area (Å²) in [6.07, 6.45) is 5.51. The highest BCUT2D eigenvalue weighted by atomic mass is 16.5. The number of amides is 1. The highest BCUT2D eigenvalue weighted by molar-refractivity contribution is 5.93. The molecule has 0 unspecified atom stereocenters. The van der Waals surface area contributed by atoms with Crippen LogP contribution in [0.2, 0.25) is 0 Å². The quantitative estimate of drug-likeness (QED) is 0.287. The number of aliphatic hydroxyl groups is 1. The number of hydrogen-bond acceptors (Lipinski definition) is 3. The molecule has 0 aliphatic carbocycles. The maximum atomic E-state index is 11.4. The minimum Gasteiger partial charge on any atom is -0.499 e. The standard InChI is InChI=1S/C11H19NO3/c1-3-10(11(14)12-4-2)6-5-8-15-9-7-13/h5-6,8,13H,3-4,7,9H2,1-2H3,(H,12,14)/b8-5+,10-6+. The smallest absolute Gasteiger partial charge is 0.247 e. The Labute approximate surface area is 90.6 Å². The number of hydrogen-bond donors (Lipinski definition) is 2. The van der Waals surface area contributed by atoms with Gasteiger partial charge in [-0.2, -0.15) is 0 Å². The number of likely N-dealkylation sites (N-methyl/N-ethyl adjacent to an activating group) is 1. The molecule has 0 atom stereocenters. The van der Waals surface area contributed by atoms with Crippen LogP contribution in [0.4, 0.5) is 0 Å². The van der Waals surface area contributed by atoms with Gasteiger partial charge in [-0.25, -0.2) is 0 Å². The first-order valence-electron chi connectivity index (χ1n) is 5.12. The zero-order chi connectivity index (χ0) is 11.5. The van der Waals surface area contributed by atoms with Gasteiger partial charge < -0.3 is 15.2 Å². The van der Waals surface area contributed by atoms with Crippen molar-refractivity contribution < 1.29 is 14.6 Å². The van der Waals surface area contributed by atoms with Crippen LogP contribution >= 0.6 is 0 Å². The lowest BCUT2D eigenvalue weighted by atomic mass is 10.2. The van der Waals surface area contributed by atoms with Gasteiger partial charge in [0.1, 0.15) is 6.61 Å². The zero-order valence-corrected chi connectivity index (χ0v) is 9.32. The monoisotopic (exact) mass is 213 g/mol. The van der Waals surface area contributed by atoms with E-state index in [9.17, 15) is 4.79 Å². The lowest BCUT2D eigenvalue weighted by Gasteiger charge is -2.03. The van der Waals surface area contributed by atoms with Crippen molar-refractivity contribution in [3.05, 3.63) is 24.0 Å². The number of ether oxygens (including phenoxy) is 1. The summed E-state index contributed by atoms with van der Waals surface area (Å²) in [5.74, 6) is -0.0493. The van der Waals surface area contributed by atoms with Crippen molar-refractivity contribution in [2.75, 3.05) is 19.8 Å². The molecule has 0 radical (unpaired) electrons. The SMILES string of the molecule is CCNC(=O)/C(=C/C=C/OCCO)CC. The molecule has 0 aromatic heterocycles. The van der Waals surface area contributed by atoms with Crippen LogP contribution in [0.5, 0.6) is 0 Å². The molecule has 0 saturated carbocycles. The molecule has 4 nitrogen and oxygen atoms in total. The average molecular weight is 213 g/mol. The highest BCUT2D eigenvalue weighted by Gasteiger charge is 2.03. The van der Waals surface area contributed by atoms with Gasteiger partial charge in [-0.05, 0) is 19.4 Å². The van der Waals surface area contributed by atoms with Crippen LogP contribution in [0.15, 0.2) is 24.0 Å². The van der Waals surface area contributed by atoms with Crippen LogP contribution in [0.1, 0.15) is 20.3 Å². The summed E-state index contributed by atoms with van der Waals surface area (Å²) >= 11 is 0. The minimum absolute atomic E-state index is 0.00892. The van der Waals surface area contributed by atoms with E-state index in [1.165, 1.54) is 6.26 Å². The number of aliphatic hydroxyl groups excluding tert-OH is 1. The van der Waals surface area contributed by atoms with Crippen molar-refractivity contribution in [2.45, 2.75) is 20.3 Å². The molecule has 0 aromatic rings. The topological polar surface area (TPSA) is 58.6 Å². The summed E-state index contributed by atoms with van der Waals surface area (Å²) in [6, 6.07) is 0. The van der Waals surface area contributed by atoms with E-state index in [-0.39, 0.29) is 19.1 Å². The van der Waals surface area contributed by atoms with Crippen LogP contribution in [0.25, 0.3) is 0 Å². The first kappa shape index (κ1) is 13.7. The third-order valence-corrected chi connectivity index (χ3v) is 1.69. The van der Waals surface area contributed by atoms with E-state index in [4.69, 9.17) is 9.84 Å². The molecular formula is C11H19NO3. The van der Waals surface area contributed by atoms with E-state index >= 15 is 0 Å². The molecule has 0 fully saturated rings. The van der Waals surface area contributed by atoms with E-state index < -0.39 is 0 Å². The second-order valence-corrected chi connectivity index (χ2v) is 2.83. The number of rotatable bonds is 7. The van der Waals surface area contributed by atoms with Gasteiger partial charge in [0.25, 0.3) is 0 Å². The molecule has 1 amide bonds. The van der Waals surface area contributed by atoms with Gasteiger partial charge in [-0.3, -0.25) is 4.79 Å². The molecule has 0 saturated heterocycles. The predicted octanol–water partition coefficient (Wildman–Crippen LogP) is 0.981. The second-order valence-electron chi connectivity index (χ2n) is 2.83. The van der Waals surface area contributed by atoms with Gasteiger partial charge in [0, 0.05) is 12.1 Å². The second kappa shape index (κ2) is 9.27. The summed E-state index contributed by atoms with van der Waals surface area (Å²) < 4.78 is 4.91. The van der Waals surface area contributed by atoms with Gasteiger partial charge in [0.15, 0.2) is 0 Å². The maximum absolute atomic E-state index is 11.4. The van der Waals surface area contributed by atoms with Gasteiger partial charge >= 0.3 is 0 Å². The number of allylic oxidation sites excluding steroid dienone is 2. The molecule has 4 heteroatoms.